The number of nitrogens with zero attached hydrogens (tertiary/aromatic N) is 3. The topological polar surface area (TPSA) is 78.9 Å². The molecule has 5 nitrogen and oxygen atoms in total. The SMILES string of the molecule is Cc1ccnc(N(C)CCc2ccccn2)c1C(=N)N. The Hall–Kier alpha value is -2.43. The van der Waals surface area contributed by atoms with Crippen molar-refractivity contribution < 1.29 is 0 Å². The monoisotopic (exact) mass is 269 g/mol. The highest BCUT2D eigenvalue weighted by Crippen LogP contribution is 2.19. The smallest absolute Gasteiger partial charge is 0.139 e. The van der Waals surface area contributed by atoms with Crippen LogP contribution in [-0.2, 0) is 6.42 Å². The number of amidine groups is 1. The van der Waals surface area contributed by atoms with Gasteiger partial charge in [0.1, 0.15) is 11.7 Å². The van der Waals surface area contributed by atoms with Gasteiger partial charge in [-0.25, -0.2) is 4.98 Å². The first-order chi connectivity index (χ1) is 9.59. The number of anilines is 1. The standard InChI is InChI=1S/C15H19N5/c1-11-6-9-19-15(13(11)14(16)17)20(2)10-7-12-5-3-4-8-18-12/h3-6,8-9H,7,10H2,1-2H3,(H3,16,17). The van der Waals surface area contributed by atoms with Crippen molar-refractivity contribution in [2.24, 2.45) is 5.73 Å². The van der Waals surface area contributed by atoms with E-state index >= 15 is 0 Å². The Morgan fingerprint density at radius 2 is 2.05 bits per heavy atom. The van der Waals surface area contributed by atoms with Gasteiger partial charge in [-0.1, -0.05) is 6.07 Å². The predicted molar refractivity (Wildman–Crippen MR) is 81.2 cm³/mol. The average molecular weight is 269 g/mol. The van der Waals surface area contributed by atoms with E-state index in [1.165, 1.54) is 0 Å². The minimum absolute atomic E-state index is 0.0512. The zero-order valence-electron chi connectivity index (χ0n) is 11.8. The van der Waals surface area contributed by atoms with Crippen LogP contribution >= 0.6 is 0 Å². The van der Waals surface area contributed by atoms with Gasteiger partial charge in [-0.3, -0.25) is 10.4 Å². The van der Waals surface area contributed by atoms with Crippen LogP contribution in [0.3, 0.4) is 0 Å². The molecular formula is C15H19N5. The molecule has 0 amide bonds. The number of aryl methyl sites for hydroxylation is 1. The molecular weight excluding hydrogens is 250 g/mol. The highest BCUT2D eigenvalue weighted by atomic mass is 15.2. The third kappa shape index (κ3) is 3.12. The van der Waals surface area contributed by atoms with E-state index in [0.717, 1.165) is 30.0 Å². The van der Waals surface area contributed by atoms with Crippen molar-refractivity contribution in [2.45, 2.75) is 13.3 Å². The number of nitrogens with one attached hydrogen (secondary N) is 1. The average Bonchev–Trinajstić information content (AvgIpc) is 2.45. The van der Waals surface area contributed by atoms with E-state index in [1.807, 2.05) is 43.1 Å². The van der Waals surface area contributed by atoms with Gasteiger partial charge in [-0.15, -0.1) is 0 Å². The zero-order chi connectivity index (χ0) is 14.5. The lowest BCUT2D eigenvalue weighted by atomic mass is 10.1. The van der Waals surface area contributed by atoms with Crippen LogP contribution in [0, 0.1) is 12.3 Å². The maximum Gasteiger partial charge on any atom is 0.139 e. The van der Waals surface area contributed by atoms with E-state index in [1.54, 1.807) is 12.4 Å². The second-order valence-corrected chi connectivity index (χ2v) is 4.73. The molecule has 0 bridgehead atoms. The number of aromatic nitrogens is 2. The van der Waals surface area contributed by atoms with E-state index in [4.69, 9.17) is 11.1 Å². The van der Waals surface area contributed by atoms with Gasteiger partial charge in [0, 0.05) is 38.1 Å². The minimum atomic E-state index is 0.0512. The molecule has 2 rings (SSSR count). The molecule has 0 spiro atoms. The summed E-state index contributed by atoms with van der Waals surface area (Å²) < 4.78 is 0. The maximum absolute atomic E-state index is 7.71. The number of pyridine rings is 2. The lowest BCUT2D eigenvalue weighted by molar-refractivity contribution is 0.837. The molecule has 0 atom stereocenters. The van der Waals surface area contributed by atoms with Crippen LogP contribution in [0.15, 0.2) is 36.7 Å². The van der Waals surface area contributed by atoms with Crippen LogP contribution in [-0.4, -0.2) is 29.4 Å². The fraction of sp³-hybridized carbons (Fsp3) is 0.267. The van der Waals surface area contributed by atoms with E-state index in [-0.39, 0.29) is 5.84 Å². The first kappa shape index (κ1) is 14.0. The molecule has 0 aromatic carbocycles. The van der Waals surface area contributed by atoms with Crippen LogP contribution in [0.25, 0.3) is 0 Å². The zero-order valence-corrected chi connectivity index (χ0v) is 11.8. The molecule has 5 heteroatoms. The Kier molecular flexibility index (Phi) is 4.30. The number of nitrogens with two attached hydrogens (primary N) is 1. The molecule has 0 aliphatic rings. The summed E-state index contributed by atoms with van der Waals surface area (Å²) in [5.41, 5.74) is 8.37. The van der Waals surface area contributed by atoms with E-state index in [9.17, 15) is 0 Å². The largest absolute Gasteiger partial charge is 0.384 e. The van der Waals surface area contributed by atoms with E-state index in [0.29, 0.717) is 5.56 Å². The Morgan fingerprint density at radius 1 is 1.25 bits per heavy atom. The summed E-state index contributed by atoms with van der Waals surface area (Å²) in [6.07, 6.45) is 4.36. The van der Waals surface area contributed by atoms with Crippen LogP contribution in [0.2, 0.25) is 0 Å². The highest BCUT2D eigenvalue weighted by Gasteiger charge is 2.13. The second-order valence-electron chi connectivity index (χ2n) is 4.73. The van der Waals surface area contributed by atoms with Crippen LogP contribution < -0.4 is 10.6 Å². The lowest BCUT2D eigenvalue weighted by Crippen LogP contribution is -2.26. The molecule has 0 aliphatic carbocycles. The maximum atomic E-state index is 7.71. The fourth-order valence-electron chi connectivity index (χ4n) is 2.10. The van der Waals surface area contributed by atoms with Gasteiger partial charge in [0.2, 0.25) is 0 Å². The molecule has 2 heterocycles. The Labute approximate surface area is 119 Å². The summed E-state index contributed by atoms with van der Waals surface area (Å²) in [6, 6.07) is 7.76. The number of hydrogen-bond acceptors (Lipinski definition) is 4. The number of likely N-dealkylation sites (N-methyl/N-ethyl adjacent to an activating group) is 1. The number of nitrogen functional groups attached to an aromatic ring is 1. The van der Waals surface area contributed by atoms with Gasteiger partial charge in [-0.2, -0.15) is 0 Å². The summed E-state index contributed by atoms with van der Waals surface area (Å²) in [6.45, 7) is 2.71. The normalized spacial score (nSPS) is 10.3. The van der Waals surface area contributed by atoms with Crippen molar-refractivity contribution in [3.63, 3.8) is 0 Å². The van der Waals surface area contributed by atoms with Gasteiger partial charge in [0.05, 0.1) is 5.56 Å². The van der Waals surface area contributed by atoms with Crippen molar-refractivity contribution in [3.8, 4) is 0 Å². The Balaban J connectivity index is 2.15. The first-order valence-corrected chi connectivity index (χ1v) is 6.50. The van der Waals surface area contributed by atoms with Crippen molar-refractivity contribution in [1.82, 2.24) is 9.97 Å². The lowest BCUT2D eigenvalue weighted by Gasteiger charge is -2.21. The molecule has 0 radical (unpaired) electrons. The fourth-order valence-corrected chi connectivity index (χ4v) is 2.10. The van der Waals surface area contributed by atoms with Gasteiger partial charge in [-0.05, 0) is 30.7 Å². The summed E-state index contributed by atoms with van der Waals surface area (Å²) in [7, 11) is 1.96. The summed E-state index contributed by atoms with van der Waals surface area (Å²) >= 11 is 0. The molecule has 0 unspecified atom stereocenters. The molecule has 2 aromatic heterocycles. The van der Waals surface area contributed by atoms with Crippen LogP contribution in [0.5, 0.6) is 0 Å². The summed E-state index contributed by atoms with van der Waals surface area (Å²) in [5.74, 6) is 0.795. The van der Waals surface area contributed by atoms with E-state index < -0.39 is 0 Å². The van der Waals surface area contributed by atoms with Crippen LogP contribution in [0.4, 0.5) is 5.82 Å². The van der Waals surface area contributed by atoms with Gasteiger partial charge < -0.3 is 10.6 Å². The molecule has 0 aliphatic heterocycles. The van der Waals surface area contributed by atoms with Crippen molar-refractivity contribution in [2.75, 3.05) is 18.5 Å². The third-order valence-electron chi connectivity index (χ3n) is 3.20. The predicted octanol–water partition coefficient (Wildman–Crippen LogP) is 1.75. The summed E-state index contributed by atoms with van der Waals surface area (Å²) in [4.78, 5) is 10.7. The third-order valence-corrected chi connectivity index (χ3v) is 3.20. The van der Waals surface area contributed by atoms with Gasteiger partial charge >= 0.3 is 0 Å². The van der Waals surface area contributed by atoms with Gasteiger partial charge in [0.15, 0.2) is 0 Å². The van der Waals surface area contributed by atoms with Crippen molar-refractivity contribution in [3.05, 3.63) is 53.5 Å². The first-order valence-electron chi connectivity index (χ1n) is 6.50. The van der Waals surface area contributed by atoms with Crippen molar-refractivity contribution >= 4 is 11.7 Å². The molecule has 20 heavy (non-hydrogen) atoms. The Bertz CT molecular complexity index is 594. The van der Waals surface area contributed by atoms with Gasteiger partial charge in [0.25, 0.3) is 0 Å². The molecule has 0 fully saturated rings. The van der Waals surface area contributed by atoms with Crippen LogP contribution in [0.1, 0.15) is 16.8 Å². The molecule has 3 N–H and O–H groups in total. The number of hydrogen-bond donors (Lipinski definition) is 2. The Morgan fingerprint density at radius 3 is 2.70 bits per heavy atom. The molecule has 0 saturated heterocycles. The number of rotatable bonds is 5. The summed E-state index contributed by atoms with van der Waals surface area (Å²) in [5, 5.41) is 7.71. The highest BCUT2D eigenvalue weighted by molar-refractivity contribution is 6.00. The van der Waals surface area contributed by atoms with E-state index in [2.05, 4.69) is 9.97 Å². The quantitative estimate of drug-likeness (QED) is 0.640. The second kappa shape index (κ2) is 6.14. The van der Waals surface area contributed by atoms with Crippen molar-refractivity contribution in [1.29, 1.82) is 5.41 Å². The molecule has 104 valence electrons. The minimum Gasteiger partial charge on any atom is -0.384 e. The molecule has 2 aromatic rings. The molecule has 0 saturated carbocycles.